The summed E-state index contributed by atoms with van der Waals surface area (Å²) < 4.78 is 5.38. The number of aliphatic imine (C=N–C) groups is 1. The molecule has 1 heterocycles. The lowest BCUT2D eigenvalue weighted by molar-refractivity contribution is 0.138. The van der Waals surface area contributed by atoms with Crippen molar-refractivity contribution in [2.75, 3.05) is 0 Å². The molecule has 0 aromatic carbocycles. The molecule has 1 atom stereocenters. The van der Waals surface area contributed by atoms with Gasteiger partial charge in [0.2, 0.25) is 0 Å². The van der Waals surface area contributed by atoms with E-state index in [1.807, 2.05) is 12.3 Å². The van der Waals surface area contributed by atoms with Crippen LogP contribution in [0.4, 0.5) is 0 Å². The van der Waals surface area contributed by atoms with E-state index in [0.29, 0.717) is 0 Å². The molecule has 1 rings (SSSR count). The van der Waals surface area contributed by atoms with Gasteiger partial charge in [-0.2, -0.15) is 0 Å². The van der Waals surface area contributed by atoms with Crippen LogP contribution in [0.15, 0.2) is 17.3 Å². The Morgan fingerprint density at radius 1 is 0.889 bits per heavy atom. The molecule has 0 saturated carbocycles. The summed E-state index contributed by atoms with van der Waals surface area (Å²) in [5, 5.41) is 0. The SMILES string of the molecule is CCCCCCCCCCCCC1N=CC=CO1. The van der Waals surface area contributed by atoms with Crippen LogP contribution < -0.4 is 0 Å². The Morgan fingerprint density at radius 3 is 2.06 bits per heavy atom. The van der Waals surface area contributed by atoms with Crippen molar-refractivity contribution in [3.8, 4) is 0 Å². The summed E-state index contributed by atoms with van der Waals surface area (Å²) in [6.45, 7) is 2.27. The molecule has 0 N–H and O–H groups in total. The molecule has 1 unspecified atom stereocenters. The fourth-order valence-corrected chi connectivity index (χ4v) is 2.30. The van der Waals surface area contributed by atoms with Gasteiger partial charge in [-0.05, 0) is 12.5 Å². The third kappa shape index (κ3) is 8.32. The van der Waals surface area contributed by atoms with Gasteiger partial charge in [-0.3, -0.25) is 4.99 Å². The second-order valence-corrected chi connectivity index (χ2v) is 5.19. The Bertz CT molecular complexity index is 235. The average molecular weight is 251 g/mol. The highest BCUT2D eigenvalue weighted by Gasteiger charge is 2.05. The minimum Gasteiger partial charge on any atom is -0.476 e. The van der Waals surface area contributed by atoms with E-state index >= 15 is 0 Å². The van der Waals surface area contributed by atoms with Crippen LogP contribution in [0, 0.1) is 0 Å². The Morgan fingerprint density at radius 2 is 1.50 bits per heavy atom. The Labute approximate surface area is 113 Å². The quantitative estimate of drug-likeness (QED) is 0.460. The third-order valence-corrected chi connectivity index (χ3v) is 3.46. The zero-order valence-electron chi connectivity index (χ0n) is 11.9. The molecule has 0 amide bonds. The number of nitrogens with zero attached hydrogens (tertiary/aromatic N) is 1. The van der Waals surface area contributed by atoms with E-state index in [9.17, 15) is 0 Å². The molecule has 0 bridgehead atoms. The summed E-state index contributed by atoms with van der Waals surface area (Å²) in [6, 6.07) is 0. The van der Waals surface area contributed by atoms with Gasteiger partial charge in [0.15, 0.2) is 6.23 Å². The largest absolute Gasteiger partial charge is 0.476 e. The van der Waals surface area contributed by atoms with Crippen LogP contribution >= 0.6 is 0 Å². The van der Waals surface area contributed by atoms with Gasteiger partial charge in [-0.15, -0.1) is 0 Å². The van der Waals surface area contributed by atoms with Crippen LogP contribution in [0.5, 0.6) is 0 Å². The van der Waals surface area contributed by atoms with Gasteiger partial charge in [0.25, 0.3) is 0 Å². The molecule has 1 aliphatic rings. The molecule has 2 nitrogen and oxygen atoms in total. The highest BCUT2D eigenvalue weighted by atomic mass is 16.5. The number of unbranched alkanes of at least 4 members (excludes halogenated alkanes) is 9. The highest BCUT2D eigenvalue weighted by molar-refractivity contribution is 5.71. The van der Waals surface area contributed by atoms with Crippen LogP contribution in [-0.2, 0) is 4.74 Å². The van der Waals surface area contributed by atoms with Crippen LogP contribution in [0.2, 0.25) is 0 Å². The first-order valence-electron chi connectivity index (χ1n) is 7.77. The first kappa shape index (κ1) is 15.3. The van der Waals surface area contributed by atoms with Gasteiger partial charge in [-0.25, -0.2) is 0 Å². The summed E-state index contributed by atoms with van der Waals surface area (Å²) in [5.41, 5.74) is 0. The van der Waals surface area contributed by atoms with Crippen molar-refractivity contribution >= 4 is 6.21 Å². The fourth-order valence-electron chi connectivity index (χ4n) is 2.30. The highest BCUT2D eigenvalue weighted by Crippen LogP contribution is 2.14. The number of hydrogen-bond acceptors (Lipinski definition) is 2. The van der Waals surface area contributed by atoms with Gasteiger partial charge in [-0.1, -0.05) is 64.7 Å². The normalized spacial score (nSPS) is 17.9. The second-order valence-electron chi connectivity index (χ2n) is 5.19. The topological polar surface area (TPSA) is 21.6 Å². The summed E-state index contributed by atoms with van der Waals surface area (Å²) in [5.74, 6) is 0. The zero-order valence-corrected chi connectivity index (χ0v) is 11.9. The molecule has 0 aromatic rings. The molecule has 0 spiro atoms. The van der Waals surface area contributed by atoms with Crippen LogP contribution in [-0.4, -0.2) is 12.4 Å². The molecule has 104 valence electrons. The summed E-state index contributed by atoms with van der Waals surface area (Å²) >= 11 is 0. The molecule has 0 fully saturated rings. The molecule has 2 heteroatoms. The van der Waals surface area contributed by atoms with Gasteiger partial charge >= 0.3 is 0 Å². The minimum atomic E-state index is 0.0871. The maximum Gasteiger partial charge on any atom is 0.188 e. The fraction of sp³-hybridized carbons (Fsp3) is 0.812. The second kappa shape index (κ2) is 11.3. The average Bonchev–Trinajstić information content (AvgIpc) is 2.42. The molecule has 0 radical (unpaired) electrons. The van der Waals surface area contributed by atoms with E-state index in [0.717, 1.165) is 6.42 Å². The Hall–Kier alpha value is -0.790. The van der Waals surface area contributed by atoms with E-state index in [1.54, 1.807) is 6.26 Å². The monoisotopic (exact) mass is 251 g/mol. The van der Waals surface area contributed by atoms with Crippen molar-refractivity contribution in [2.24, 2.45) is 4.99 Å². The maximum absolute atomic E-state index is 5.38. The van der Waals surface area contributed by atoms with Gasteiger partial charge < -0.3 is 4.74 Å². The molecule has 18 heavy (non-hydrogen) atoms. The number of hydrogen-bond donors (Lipinski definition) is 0. The van der Waals surface area contributed by atoms with Gasteiger partial charge in [0.1, 0.15) is 0 Å². The van der Waals surface area contributed by atoms with Crippen molar-refractivity contribution in [1.82, 2.24) is 0 Å². The van der Waals surface area contributed by atoms with Crippen LogP contribution in [0.3, 0.4) is 0 Å². The molecular weight excluding hydrogens is 222 g/mol. The van der Waals surface area contributed by atoms with Crippen molar-refractivity contribution in [1.29, 1.82) is 0 Å². The summed E-state index contributed by atoms with van der Waals surface area (Å²) in [7, 11) is 0. The lowest BCUT2D eigenvalue weighted by atomic mass is 10.1. The van der Waals surface area contributed by atoms with E-state index in [4.69, 9.17) is 4.74 Å². The Kier molecular flexibility index (Phi) is 9.59. The Balaban J connectivity index is 1.76. The minimum absolute atomic E-state index is 0.0871. The summed E-state index contributed by atoms with van der Waals surface area (Å²) in [4.78, 5) is 4.27. The van der Waals surface area contributed by atoms with E-state index in [2.05, 4.69) is 11.9 Å². The first-order chi connectivity index (χ1) is 8.93. The third-order valence-electron chi connectivity index (χ3n) is 3.46. The molecular formula is C16H29NO. The van der Waals surface area contributed by atoms with E-state index in [1.165, 1.54) is 64.2 Å². The molecule has 0 aromatic heterocycles. The smallest absolute Gasteiger partial charge is 0.188 e. The molecule has 1 aliphatic heterocycles. The number of ether oxygens (including phenoxy) is 1. The number of rotatable bonds is 11. The summed E-state index contributed by atoms with van der Waals surface area (Å²) in [6.07, 6.45) is 20.4. The predicted molar refractivity (Wildman–Crippen MR) is 79.0 cm³/mol. The molecule has 0 aliphatic carbocycles. The standard InChI is InChI=1S/C16H29NO/c1-2-3-4-5-6-7-8-9-10-11-13-16-17-14-12-15-18-16/h12,14-16H,2-11,13H2,1H3. The van der Waals surface area contributed by atoms with E-state index < -0.39 is 0 Å². The van der Waals surface area contributed by atoms with Crippen molar-refractivity contribution in [2.45, 2.75) is 83.8 Å². The van der Waals surface area contributed by atoms with Crippen molar-refractivity contribution < 1.29 is 4.74 Å². The lowest BCUT2D eigenvalue weighted by Crippen LogP contribution is -2.08. The van der Waals surface area contributed by atoms with Crippen molar-refractivity contribution in [3.63, 3.8) is 0 Å². The number of allylic oxidation sites excluding steroid dienone is 1. The van der Waals surface area contributed by atoms with Crippen molar-refractivity contribution in [3.05, 3.63) is 12.3 Å². The van der Waals surface area contributed by atoms with Gasteiger partial charge in [0.05, 0.1) is 6.26 Å². The van der Waals surface area contributed by atoms with Gasteiger partial charge in [0, 0.05) is 12.6 Å². The zero-order chi connectivity index (χ0) is 12.9. The predicted octanol–water partition coefficient (Wildman–Crippen LogP) is 5.24. The van der Waals surface area contributed by atoms with E-state index in [-0.39, 0.29) is 6.23 Å². The van der Waals surface area contributed by atoms with Crippen LogP contribution in [0.25, 0.3) is 0 Å². The van der Waals surface area contributed by atoms with Crippen LogP contribution in [0.1, 0.15) is 77.6 Å². The molecule has 0 saturated heterocycles. The lowest BCUT2D eigenvalue weighted by Gasteiger charge is -2.13. The maximum atomic E-state index is 5.38. The first-order valence-corrected chi connectivity index (χ1v) is 7.77.